The van der Waals surface area contributed by atoms with E-state index < -0.39 is 0 Å². The lowest BCUT2D eigenvalue weighted by Gasteiger charge is -2.32. The van der Waals surface area contributed by atoms with E-state index in [1.165, 1.54) is 11.3 Å². The van der Waals surface area contributed by atoms with E-state index in [0.717, 1.165) is 17.4 Å². The maximum Gasteiger partial charge on any atom is 0.0412 e. The van der Waals surface area contributed by atoms with Crippen molar-refractivity contribution in [2.24, 2.45) is 11.7 Å². The van der Waals surface area contributed by atoms with Crippen LogP contribution >= 0.6 is 15.9 Å². The first-order valence-corrected chi connectivity index (χ1v) is 7.50. The summed E-state index contributed by atoms with van der Waals surface area (Å²) in [5, 5.41) is 0. The Labute approximate surface area is 120 Å². The van der Waals surface area contributed by atoms with Gasteiger partial charge in [-0.05, 0) is 50.4 Å². The smallest absolute Gasteiger partial charge is 0.0412 e. The molecule has 3 heteroatoms. The van der Waals surface area contributed by atoms with Gasteiger partial charge in [-0.1, -0.05) is 35.8 Å². The summed E-state index contributed by atoms with van der Waals surface area (Å²) in [6.45, 7) is 10.8. The molecule has 1 rings (SSSR count). The molecular weight excluding hydrogens is 288 g/mol. The third-order valence-electron chi connectivity index (χ3n) is 2.96. The van der Waals surface area contributed by atoms with Crippen molar-refractivity contribution in [2.75, 3.05) is 18.0 Å². The standard InChI is InChI=1S/C15H25BrN2/c1-11(2)10-18(12(3)4)15-9-14(16)6-5-13(15)7-8-17/h5-6,9,11-12H,7-8,10,17H2,1-4H3. The molecule has 2 N–H and O–H groups in total. The number of nitrogens with two attached hydrogens (primary N) is 1. The van der Waals surface area contributed by atoms with Crippen LogP contribution in [0.15, 0.2) is 22.7 Å². The zero-order valence-electron chi connectivity index (χ0n) is 11.9. The Kier molecular flexibility index (Phi) is 6.16. The first kappa shape index (κ1) is 15.5. The van der Waals surface area contributed by atoms with Crippen molar-refractivity contribution in [3.05, 3.63) is 28.2 Å². The van der Waals surface area contributed by atoms with Gasteiger partial charge in [0.1, 0.15) is 0 Å². The molecule has 0 saturated heterocycles. The lowest BCUT2D eigenvalue weighted by atomic mass is 10.1. The summed E-state index contributed by atoms with van der Waals surface area (Å²) in [4.78, 5) is 2.47. The third kappa shape index (κ3) is 4.29. The molecular formula is C15H25BrN2. The van der Waals surface area contributed by atoms with Gasteiger partial charge in [0.05, 0.1) is 0 Å². The first-order valence-electron chi connectivity index (χ1n) is 6.70. The van der Waals surface area contributed by atoms with Crippen LogP contribution in [0.2, 0.25) is 0 Å². The van der Waals surface area contributed by atoms with Crippen LogP contribution < -0.4 is 10.6 Å². The van der Waals surface area contributed by atoms with E-state index in [1.54, 1.807) is 0 Å². The summed E-state index contributed by atoms with van der Waals surface area (Å²) in [6, 6.07) is 7.00. The van der Waals surface area contributed by atoms with Crippen molar-refractivity contribution < 1.29 is 0 Å². The quantitative estimate of drug-likeness (QED) is 0.865. The molecule has 0 aliphatic heterocycles. The summed E-state index contributed by atoms with van der Waals surface area (Å²) in [7, 11) is 0. The topological polar surface area (TPSA) is 29.3 Å². The lowest BCUT2D eigenvalue weighted by molar-refractivity contribution is 0.569. The minimum Gasteiger partial charge on any atom is -0.369 e. The number of nitrogens with zero attached hydrogens (tertiary/aromatic N) is 1. The van der Waals surface area contributed by atoms with E-state index in [-0.39, 0.29) is 0 Å². The van der Waals surface area contributed by atoms with Gasteiger partial charge < -0.3 is 10.6 Å². The Morgan fingerprint density at radius 2 is 1.89 bits per heavy atom. The Balaban J connectivity index is 3.11. The van der Waals surface area contributed by atoms with Crippen LogP contribution in [0.4, 0.5) is 5.69 Å². The van der Waals surface area contributed by atoms with Gasteiger partial charge in [0.25, 0.3) is 0 Å². The highest BCUT2D eigenvalue weighted by Crippen LogP contribution is 2.28. The summed E-state index contributed by atoms with van der Waals surface area (Å²) in [5.74, 6) is 0.650. The van der Waals surface area contributed by atoms with Crippen LogP contribution in [-0.4, -0.2) is 19.1 Å². The van der Waals surface area contributed by atoms with Crippen molar-refractivity contribution in [3.63, 3.8) is 0 Å². The molecule has 1 aromatic rings. The molecule has 0 bridgehead atoms. The van der Waals surface area contributed by atoms with E-state index in [4.69, 9.17) is 5.73 Å². The summed E-state index contributed by atoms with van der Waals surface area (Å²) in [5.41, 5.74) is 8.38. The molecule has 0 fully saturated rings. The summed E-state index contributed by atoms with van der Waals surface area (Å²) < 4.78 is 1.13. The third-order valence-corrected chi connectivity index (χ3v) is 3.45. The van der Waals surface area contributed by atoms with Crippen LogP contribution in [-0.2, 0) is 6.42 Å². The second kappa shape index (κ2) is 7.15. The van der Waals surface area contributed by atoms with Gasteiger partial charge in [-0.25, -0.2) is 0 Å². The molecule has 0 radical (unpaired) electrons. The first-order chi connectivity index (χ1) is 8.45. The van der Waals surface area contributed by atoms with E-state index in [0.29, 0.717) is 18.5 Å². The summed E-state index contributed by atoms with van der Waals surface area (Å²) in [6.07, 6.45) is 0.934. The molecule has 0 aliphatic carbocycles. The van der Waals surface area contributed by atoms with Crippen LogP contribution in [0.25, 0.3) is 0 Å². The van der Waals surface area contributed by atoms with Gasteiger partial charge in [-0.2, -0.15) is 0 Å². The molecule has 0 aliphatic rings. The average molecular weight is 313 g/mol. The fourth-order valence-electron chi connectivity index (χ4n) is 2.15. The predicted molar refractivity (Wildman–Crippen MR) is 84.2 cm³/mol. The van der Waals surface area contributed by atoms with Crippen molar-refractivity contribution in [1.29, 1.82) is 0 Å². The number of rotatable bonds is 6. The lowest BCUT2D eigenvalue weighted by Crippen LogP contribution is -2.35. The molecule has 102 valence electrons. The second-order valence-electron chi connectivity index (χ2n) is 5.45. The Morgan fingerprint density at radius 1 is 1.22 bits per heavy atom. The van der Waals surface area contributed by atoms with Crippen LogP contribution in [0.5, 0.6) is 0 Å². The van der Waals surface area contributed by atoms with Gasteiger partial charge in [0.2, 0.25) is 0 Å². The maximum absolute atomic E-state index is 5.71. The number of benzene rings is 1. The van der Waals surface area contributed by atoms with Crippen LogP contribution in [0.3, 0.4) is 0 Å². The minimum absolute atomic E-state index is 0.498. The fraction of sp³-hybridized carbons (Fsp3) is 0.600. The SMILES string of the molecule is CC(C)CN(c1cc(Br)ccc1CCN)C(C)C. The molecule has 0 spiro atoms. The molecule has 0 heterocycles. The summed E-state index contributed by atoms with van der Waals surface area (Å²) >= 11 is 3.57. The Morgan fingerprint density at radius 3 is 2.39 bits per heavy atom. The van der Waals surface area contributed by atoms with E-state index in [1.807, 2.05) is 0 Å². The van der Waals surface area contributed by atoms with Gasteiger partial charge in [-0.3, -0.25) is 0 Å². The molecule has 0 saturated carbocycles. The molecule has 1 aromatic carbocycles. The zero-order chi connectivity index (χ0) is 13.7. The van der Waals surface area contributed by atoms with Crippen molar-refractivity contribution >= 4 is 21.6 Å². The fourth-order valence-corrected chi connectivity index (χ4v) is 2.50. The molecule has 18 heavy (non-hydrogen) atoms. The minimum atomic E-state index is 0.498. The van der Waals surface area contributed by atoms with Crippen molar-refractivity contribution in [1.82, 2.24) is 0 Å². The molecule has 2 nitrogen and oxygen atoms in total. The Hall–Kier alpha value is -0.540. The van der Waals surface area contributed by atoms with Crippen molar-refractivity contribution in [3.8, 4) is 0 Å². The van der Waals surface area contributed by atoms with Gasteiger partial charge in [0.15, 0.2) is 0 Å². The number of halogens is 1. The monoisotopic (exact) mass is 312 g/mol. The predicted octanol–water partition coefficient (Wildman–Crippen LogP) is 3.82. The molecule has 0 amide bonds. The zero-order valence-corrected chi connectivity index (χ0v) is 13.5. The molecule has 0 unspecified atom stereocenters. The highest BCUT2D eigenvalue weighted by atomic mass is 79.9. The number of anilines is 1. The van der Waals surface area contributed by atoms with Gasteiger partial charge >= 0.3 is 0 Å². The van der Waals surface area contributed by atoms with Crippen LogP contribution in [0, 0.1) is 5.92 Å². The Bertz CT molecular complexity index is 375. The highest BCUT2D eigenvalue weighted by molar-refractivity contribution is 9.10. The highest BCUT2D eigenvalue weighted by Gasteiger charge is 2.15. The van der Waals surface area contributed by atoms with Crippen LogP contribution in [0.1, 0.15) is 33.3 Å². The van der Waals surface area contributed by atoms with E-state index in [9.17, 15) is 0 Å². The number of hydrogen-bond acceptors (Lipinski definition) is 2. The van der Waals surface area contributed by atoms with Crippen molar-refractivity contribution in [2.45, 2.75) is 40.2 Å². The van der Waals surface area contributed by atoms with Gasteiger partial charge in [-0.15, -0.1) is 0 Å². The van der Waals surface area contributed by atoms with Gasteiger partial charge in [0, 0.05) is 22.7 Å². The van der Waals surface area contributed by atoms with E-state index >= 15 is 0 Å². The average Bonchev–Trinajstić information content (AvgIpc) is 2.28. The largest absolute Gasteiger partial charge is 0.369 e. The van der Waals surface area contributed by atoms with E-state index in [2.05, 4.69) is 66.7 Å². The number of hydrogen-bond donors (Lipinski definition) is 1. The normalized spacial score (nSPS) is 11.3. The maximum atomic E-state index is 5.71. The molecule has 0 atom stereocenters. The molecule has 0 aromatic heterocycles. The second-order valence-corrected chi connectivity index (χ2v) is 6.37.